The molecule has 2 aliphatic heterocycles. The molecule has 3 heterocycles. The second-order valence-electron chi connectivity index (χ2n) is 7.01. The Kier molecular flexibility index (Phi) is 4.32. The monoisotopic (exact) mass is 357 g/mol. The highest BCUT2D eigenvalue weighted by atomic mass is 16.6. The van der Waals surface area contributed by atoms with Gasteiger partial charge in [-0.05, 0) is 43.0 Å². The van der Waals surface area contributed by atoms with Gasteiger partial charge in [0.25, 0.3) is 0 Å². The number of hydrogen-bond acceptors (Lipinski definition) is 5. The van der Waals surface area contributed by atoms with Gasteiger partial charge in [-0.3, -0.25) is 4.90 Å². The first kappa shape index (κ1) is 16.9. The number of ether oxygens (including phenoxy) is 2. The summed E-state index contributed by atoms with van der Waals surface area (Å²) in [5, 5.41) is 9.82. The van der Waals surface area contributed by atoms with Gasteiger partial charge in [-0.2, -0.15) is 0 Å². The lowest BCUT2D eigenvalue weighted by molar-refractivity contribution is -0.150. The molecule has 0 spiro atoms. The molecule has 0 amide bonds. The van der Waals surface area contributed by atoms with Crippen LogP contribution in [0.15, 0.2) is 30.9 Å². The van der Waals surface area contributed by atoms with E-state index in [2.05, 4.69) is 22.9 Å². The second-order valence-corrected chi connectivity index (χ2v) is 7.01. The number of aryl methyl sites for hydroxylation is 1. The van der Waals surface area contributed by atoms with Crippen LogP contribution in [0.1, 0.15) is 24.0 Å². The van der Waals surface area contributed by atoms with Crippen LogP contribution in [0.2, 0.25) is 0 Å². The third-order valence-electron chi connectivity index (χ3n) is 5.47. The van der Waals surface area contributed by atoms with Crippen molar-refractivity contribution in [2.24, 2.45) is 0 Å². The van der Waals surface area contributed by atoms with Crippen LogP contribution in [0, 0.1) is 6.92 Å². The maximum atomic E-state index is 12.0. The van der Waals surface area contributed by atoms with Crippen molar-refractivity contribution in [1.29, 1.82) is 0 Å². The van der Waals surface area contributed by atoms with Gasteiger partial charge in [0.15, 0.2) is 11.5 Å². The fraction of sp³-hybridized carbons (Fsp3) is 0.474. The number of carbonyl (C=O) groups is 1. The van der Waals surface area contributed by atoms with E-state index in [4.69, 9.17) is 9.47 Å². The van der Waals surface area contributed by atoms with Gasteiger partial charge in [0.1, 0.15) is 18.8 Å². The lowest BCUT2D eigenvalue weighted by atomic mass is 9.87. The number of likely N-dealkylation sites (tertiary alicyclic amines) is 1. The molecule has 0 radical (unpaired) electrons. The SMILES string of the molecule is Cc1cc2c(cc1CN1CCC(C(=O)O)(n3ccnc3)CC1)OCCO2. The van der Waals surface area contributed by atoms with E-state index in [9.17, 15) is 9.90 Å². The van der Waals surface area contributed by atoms with Crippen molar-refractivity contribution in [1.82, 2.24) is 14.5 Å². The number of aromatic nitrogens is 2. The zero-order valence-electron chi connectivity index (χ0n) is 14.9. The highest BCUT2D eigenvalue weighted by Crippen LogP contribution is 2.35. The van der Waals surface area contributed by atoms with Crippen LogP contribution < -0.4 is 9.47 Å². The van der Waals surface area contributed by atoms with Gasteiger partial charge in [0.05, 0.1) is 6.33 Å². The molecule has 0 saturated carbocycles. The van der Waals surface area contributed by atoms with Crippen molar-refractivity contribution < 1.29 is 19.4 Å². The van der Waals surface area contributed by atoms with Crippen LogP contribution in [-0.4, -0.2) is 51.8 Å². The molecule has 138 valence electrons. The Labute approximate surface area is 152 Å². The Balaban J connectivity index is 1.48. The highest BCUT2D eigenvalue weighted by molar-refractivity contribution is 5.77. The van der Waals surface area contributed by atoms with Gasteiger partial charge < -0.3 is 19.1 Å². The fourth-order valence-corrected chi connectivity index (χ4v) is 3.82. The lowest BCUT2D eigenvalue weighted by Crippen LogP contribution is -2.50. The third kappa shape index (κ3) is 2.92. The van der Waals surface area contributed by atoms with Crippen molar-refractivity contribution in [3.05, 3.63) is 42.0 Å². The van der Waals surface area contributed by atoms with E-state index in [1.54, 1.807) is 23.3 Å². The zero-order valence-corrected chi connectivity index (χ0v) is 14.9. The van der Waals surface area contributed by atoms with E-state index in [0.717, 1.165) is 31.1 Å². The Morgan fingerprint density at radius 2 is 1.92 bits per heavy atom. The van der Waals surface area contributed by atoms with E-state index in [1.807, 2.05) is 6.07 Å². The summed E-state index contributed by atoms with van der Waals surface area (Å²) in [7, 11) is 0. The number of fused-ring (bicyclic) bond motifs is 1. The molecular formula is C19H23N3O4. The molecule has 2 aromatic rings. The molecule has 26 heavy (non-hydrogen) atoms. The number of piperidine rings is 1. The first-order valence-electron chi connectivity index (χ1n) is 8.92. The number of hydrogen-bond donors (Lipinski definition) is 1. The third-order valence-corrected chi connectivity index (χ3v) is 5.47. The van der Waals surface area contributed by atoms with Gasteiger partial charge in [-0.1, -0.05) is 0 Å². The summed E-state index contributed by atoms with van der Waals surface area (Å²) in [4.78, 5) is 18.3. The molecular weight excluding hydrogens is 334 g/mol. The number of aliphatic carboxylic acids is 1. The van der Waals surface area contributed by atoms with Gasteiger partial charge in [-0.15, -0.1) is 0 Å². The van der Waals surface area contributed by atoms with Gasteiger partial charge >= 0.3 is 5.97 Å². The summed E-state index contributed by atoms with van der Waals surface area (Å²) in [6, 6.07) is 4.08. The number of nitrogens with zero attached hydrogens (tertiary/aromatic N) is 3. The Morgan fingerprint density at radius 3 is 2.54 bits per heavy atom. The number of rotatable bonds is 4. The van der Waals surface area contributed by atoms with Gasteiger partial charge in [-0.25, -0.2) is 9.78 Å². The normalized spacial score (nSPS) is 19.3. The van der Waals surface area contributed by atoms with Crippen LogP contribution in [0.3, 0.4) is 0 Å². The smallest absolute Gasteiger partial charge is 0.330 e. The number of carboxylic acid groups (broad SMARTS) is 1. The zero-order chi connectivity index (χ0) is 18.1. The minimum Gasteiger partial charge on any atom is -0.486 e. The topological polar surface area (TPSA) is 76.8 Å². The summed E-state index contributed by atoms with van der Waals surface area (Å²) in [5.74, 6) is 0.818. The van der Waals surface area contributed by atoms with E-state index in [0.29, 0.717) is 26.1 Å². The average Bonchev–Trinajstić information content (AvgIpc) is 3.18. The fourth-order valence-electron chi connectivity index (χ4n) is 3.82. The Bertz CT molecular complexity index is 795. The van der Waals surface area contributed by atoms with E-state index in [-0.39, 0.29) is 0 Å². The molecule has 1 aromatic carbocycles. The summed E-state index contributed by atoms with van der Waals surface area (Å²) in [5.41, 5.74) is 1.47. The lowest BCUT2D eigenvalue weighted by Gasteiger charge is -2.39. The van der Waals surface area contributed by atoms with Crippen LogP contribution in [0.25, 0.3) is 0 Å². The van der Waals surface area contributed by atoms with Crippen molar-refractivity contribution in [2.75, 3.05) is 26.3 Å². The molecule has 0 unspecified atom stereocenters. The van der Waals surface area contributed by atoms with E-state index < -0.39 is 11.5 Å². The van der Waals surface area contributed by atoms with E-state index in [1.165, 1.54) is 11.1 Å². The molecule has 7 heteroatoms. The molecule has 1 N–H and O–H groups in total. The van der Waals surface area contributed by atoms with Gasteiger partial charge in [0.2, 0.25) is 0 Å². The van der Waals surface area contributed by atoms with E-state index >= 15 is 0 Å². The first-order chi connectivity index (χ1) is 12.6. The molecule has 1 aromatic heterocycles. The maximum Gasteiger partial charge on any atom is 0.330 e. The molecule has 4 rings (SSSR count). The number of imidazole rings is 1. The largest absolute Gasteiger partial charge is 0.486 e. The quantitative estimate of drug-likeness (QED) is 0.902. The van der Waals surface area contributed by atoms with Crippen molar-refractivity contribution in [3.63, 3.8) is 0 Å². The Hall–Kier alpha value is -2.54. The summed E-state index contributed by atoms with van der Waals surface area (Å²) in [6.45, 7) is 5.46. The highest BCUT2D eigenvalue weighted by Gasteiger charge is 2.43. The molecule has 1 fully saturated rings. The molecule has 7 nitrogen and oxygen atoms in total. The van der Waals surface area contributed by atoms with Crippen molar-refractivity contribution in [3.8, 4) is 11.5 Å². The minimum atomic E-state index is -0.894. The Morgan fingerprint density at radius 1 is 1.23 bits per heavy atom. The summed E-state index contributed by atoms with van der Waals surface area (Å²) >= 11 is 0. The molecule has 0 atom stereocenters. The van der Waals surface area contributed by atoms with Gasteiger partial charge in [0, 0.05) is 32.0 Å². The first-order valence-corrected chi connectivity index (χ1v) is 8.92. The second kappa shape index (κ2) is 6.64. The van der Waals surface area contributed by atoms with Crippen LogP contribution >= 0.6 is 0 Å². The number of benzene rings is 1. The van der Waals surface area contributed by atoms with Crippen molar-refractivity contribution in [2.45, 2.75) is 31.8 Å². The summed E-state index contributed by atoms with van der Waals surface area (Å²) in [6.07, 6.45) is 6.10. The van der Waals surface area contributed by atoms with Crippen LogP contribution in [0.4, 0.5) is 0 Å². The van der Waals surface area contributed by atoms with Crippen LogP contribution in [-0.2, 0) is 16.9 Å². The molecule has 0 bridgehead atoms. The van der Waals surface area contributed by atoms with Crippen molar-refractivity contribution >= 4 is 5.97 Å². The predicted molar refractivity (Wildman–Crippen MR) is 94.5 cm³/mol. The molecule has 0 aliphatic carbocycles. The molecule has 1 saturated heterocycles. The summed E-state index contributed by atoms with van der Waals surface area (Å²) < 4.78 is 13.1. The van der Waals surface area contributed by atoms with Crippen LogP contribution in [0.5, 0.6) is 11.5 Å². The average molecular weight is 357 g/mol. The number of carboxylic acids is 1. The maximum absolute atomic E-state index is 12.0. The standard InChI is InChI=1S/C19H23N3O4/c1-14-10-16-17(26-9-8-25-16)11-15(14)12-21-5-2-19(3-6-21,18(23)24)22-7-4-20-13-22/h4,7,10-11,13H,2-3,5-6,8-9,12H2,1H3,(H,23,24). The minimum absolute atomic E-state index is 0.558. The molecule has 2 aliphatic rings. The predicted octanol–water partition coefficient (Wildman–Crippen LogP) is 2.04.